The lowest BCUT2D eigenvalue weighted by Crippen LogP contribution is -2.36. The third kappa shape index (κ3) is 4.90. The highest BCUT2D eigenvalue weighted by Gasteiger charge is 2.36. The van der Waals surface area contributed by atoms with Gasteiger partial charge in [-0.2, -0.15) is 0 Å². The molecule has 1 fully saturated rings. The SMILES string of the molecule is C#CCOc1ccc(/C=C2\SC(=O)N(CC(=O)Nc3cccc4ccccc34)C2=O)cc1OC. The average Bonchev–Trinajstić information content (AvgIpc) is 3.10. The molecule has 7 nitrogen and oxygen atoms in total. The summed E-state index contributed by atoms with van der Waals surface area (Å²) in [5.41, 5.74) is 1.25. The van der Waals surface area contributed by atoms with Crippen molar-refractivity contribution in [2.24, 2.45) is 0 Å². The summed E-state index contributed by atoms with van der Waals surface area (Å²) in [6, 6.07) is 18.2. The number of methoxy groups -OCH3 is 1. The highest BCUT2D eigenvalue weighted by molar-refractivity contribution is 8.18. The number of carbonyl (C=O) groups is 3. The third-order valence-corrected chi connectivity index (χ3v) is 5.94. The topological polar surface area (TPSA) is 84.9 Å². The Balaban J connectivity index is 1.48. The van der Waals surface area contributed by atoms with Crippen LogP contribution in [0, 0.1) is 12.3 Å². The Morgan fingerprint density at radius 3 is 2.71 bits per heavy atom. The van der Waals surface area contributed by atoms with E-state index >= 15 is 0 Å². The van der Waals surface area contributed by atoms with Crippen molar-refractivity contribution in [1.29, 1.82) is 0 Å². The zero-order chi connectivity index (χ0) is 24.1. The number of rotatable bonds is 7. The van der Waals surface area contributed by atoms with Crippen LogP contribution in [-0.4, -0.2) is 42.2 Å². The molecule has 170 valence electrons. The molecule has 1 N–H and O–H groups in total. The van der Waals surface area contributed by atoms with Crippen LogP contribution in [0.25, 0.3) is 16.8 Å². The van der Waals surface area contributed by atoms with Gasteiger partial charge in [0.05, 0.1) is 12.0 Å². The van der Waals surface area contributed by atoms with E-state index in [2.05, 4.69) is 11.2 Å². The molecule has 0 bridgehead atoms. The van der Waals surface area contributed by atoms with Crippen molar-refractivity contribution in [2.75, 3.05) is 25.6 Å². The predicted molar refractivity (Wildman–Crippen MR) is 133 cm³/mol. The average molecular weight is 473 g/mol. The molecule has 0 unspecified atom stereocenters. The first kappa shape index (κ1) is 23.0. The zero-order valence-electron chi connectivity index (χ0n) is 18.2. The number of thioether (sulfide) groups is 1. The van der Waals surface area contributed by atoms with E-state index in [0.29, 0.717) is 22.7 Å². The van der Waals surface area contributed by atoms with Crippen molar-refractivity contribution in [2.45, 2.75) is 0 Å². The van der Waals surface area contributed by atoms with Crippen LogP contribution in [0.15, 0.2) is 65.6 Å². The van der Waals surface area contributed by atoms with E-state index < -0.39 is 17.1 Å². The Hall–Kier alpha value is -4.22. The van der Waals surface area contributed by atoms with Crippen LogP contribution in [-0.2, 0) is 9.59 Å². The maximum absolute atomic E-state index is 12.8. The van der Waals surface area contributed by atoms with E-state index in [9.17, 15) is 14.4 Å². The molecule has 0 spiro atoms. The monoisotopic (exact) mass is 472 g/mol. The summed E-state index contributed by atoms with van der Waals surface area (Å²) in [4.78, 5) is 39.1. The molecular weight excluding hydrogens is 452 g/mol. The lowest BCUT2D eigenvalue weighted by molar-refractivity contribution is -0.127. The van der Waals surface area contributed by atoms with Gasteiger partial charge in [0.2, 0.25) is 5.91 Å². The van der Waals surface area contributed by atoms with Crippen LogP contribution >= 0.6 is 11.8 Å². The van der Waals surface area contributed by atoms with Crippen molar-refractivity contribution in [3.05, 3.63) is 71.1 Å². The van der Waals surface area contributed by atoms with Crippen molar-refractivity contribution in [1.82, 2.24) is 4.90 Å². The molecule has 1 aliphatic rings. The molecule has 1 heterocycles. The smallest absolute Gasteiger partial charge is 0.294 e. The molecule has 8 heteroatoms. The Labute approximate surface area is 200 Å². The summed E-state index contributed by atoms with van der Waals surface area (Å²) >= 11 is 0.779. The molecule has 0 saturated carbocycles. The van der Waals surface area contributed by atoms with Crippen LogP contribution in [0.4, 0.5) is 10.5 Å². The van der Waals surface area contributed by atoms with Crippen molar-refractivity contribution in [3.8, 4) is 23.8 Å². The van der Waals surface area contributed by atoms with Crippen LogP contribution in [0.3, 0.4) is 0 Å². The number of amides is 3. The maximum Gasteiger partial charge on any atom is 0.294 e. The zero-order valence-corrected chi connectivity index (χ0v) is 19.1. The fourth-order valence-electron chi connectivity index (χ4n) is 3.47. The quantitative estimate of drug-likeness (QED) is 0.402. The third-order valence-electron chi connectivity index (χ3n) is 5.04. The second-order valence-electron chi connectivity index (χ2n) is 7.25. The molecule has 0 aromatic heterocycles. The lowest BCUT2D eigenvalue weighted by atomic mass is 10.1. The Morgan fingerprint density at radius 2 is 1.91 bits per heavy atom. The van der Waals surface area contributed by atoms with Crippen molar-refractivity contribution < 1.29 is 23.9 Å². The fourth-order valence-corrected chi connectivity index (χ4v) is 4.31. The van der Waals surface area contributed by atoms with E-state index in [1.807, 2.05) is 36.4 Å². The number of ether oxygens (including phenoxy) is 2. The Morgan fingerprint density at radius 1 is 1.12 bits per heavy atom. The van der Waals surface area contributed by atoms with E-state index in [0.717, 1.165) is 27.4 Å². The first-order valence-corrected chi connectivity index (χ1v) is 11.1. The minimum absolute atomic E-state index is 0.0927. The summed E-state index contributed by atoms with van der Waals surface area (Å²) in [7, 11) is 1.49. The first-order valence-electron chi connectivity index (χ1n) is 10.3. The van der Waals surface area contributed by atoms with E-state index in [-0.39, 0.29) is 18.1 Å². The fraction of sp³-hybridized carbons (Fsp3) is 0.115. The molecule has 34 heavy (non-hydrogen) atoms. The largest absolute Gasteiger partial charge is 0.493 e. The normalized spacial score (nSPS) is 14.4. The predicted octanol–water partition coefficient (Wildman–Crippen LogP) is 4.54. The van der Waals surface area contributed by atoms with Crippen LogP contribution in [0.2, 0.25) is 0 Å². The van der Waals surface area contributed by atoms with Gasteiger partial charge < -0.3 is 14.8 Å². The molecule has 3 aromatic rings. The maximum atomic E-state index is 12.8. The number of carbonyl (C=O) groups excluding carboxylic acids is 3. The first-order chi connectivity index (χ1) is 16.5. The van der Waals surface area contributed by atoms with E-state index in [1.54, 1.807) is 30.3 Å². The number of fused-ring (bicyclic) bond motifs is 1. The summed E-state index contributed by atoms with van der Waals surface area (Å²) in [6.45, 7) is -0.289. The number of hydrogen-bond acceptors (Lipinski definition) is 6. The van der Waals surface area contributed by atoms with Gasteiger partial charge in [-0.3, -0.25) is 19.3 Å². The van der Waals surface area contributed by atoms with E-state index in [1.165, 1.54) is 7.11 Å². The number of benzene rings is 3. The van der Waals surface area contributed by atoms with Gasteiger partial charge >= 0.3 is 0 Å². The molecule has 0 aliphatic carbocycles. The Bertz CT molecular complexity index is 1350. The summed E-state index contributed by atoms with van der Waals surface area (Å²) < 4.78 is 10.7. The van der Waals surface area contributed by atoms with Gasteiger partial charge in [-0.15, -0.1) is 6.42 Å². The van der Waals surface area contributed by atoms with Gasteiger partial charge in [0, 0.05) is 11.1 Å². The van der Waals surface area contributed by atoms with Gasteiger partial charge in [0.15, 0.2) is 11.5 Å². The minimum Gasteiger partial charge on any atom is -0.493 e. The second-order valence-corrected chi connectivity index (χ2v) is 8.24. The molecule has 0 atom stereocenters. The molecule has 1 saturated heterocycles. The van der Waals surface area contributed by atoms with Gasteiger partial charge in [-0.05, 0) is 47.0 Å². The van der Waals surface area contributed by atoms with Crippen molar-refractivity contribution >= 4 is 51.4 Å². The molecule has 4 rings (SSSR count). The van der Waals surface area contributed by atoms with Crippen molar-refractivity contribution in [3.63, 3.8) is 0 Å². The summed E-state index contributed by atoms with van der Waals surface area (Å²) in [5.74, 6) is 2.30. The summed E-state index contributed by atoms with van der Waals surface area (Å²) in [6.07, 6.45) is 6.79. The number of nitrogens with one attached hydrogen (secondary N) is 1. The number of nitrogens with zero attached hydrogens (tertiary/aromatic N) is 1. The highest BCUT2D eigenvalue weighted by Crippen LogP contribution is 2.34. The molecule has 3 amide bonds. The molecular formula is C26H20N2O5S. The van der Waals surface area contributed by atoms with Gasteiger partial charge in [0.1, 0.15) is 13.2 Å². The van der Waals surface area contributed by atoms with Crippen LogP contribution in [0.5, 0.6) is 11.5 Å². The van der Waals surface area contributed by atoms with Gasteiger partial charge in [0.25, 0.3) is 11.1 Å². The van der Waals surface area contributed by atoms with Crippen LogP contribution in [0.1, 0.15) is 5.56 Å². The summed E-state index contributed by atoms with van der Waals surface area (Å²) in [5, 5.41) is 4.13. The number of hydrogen-bond donors (Lipinski definition) is 1. The highest BCUT2D eigenvalue weighted by atomic mass is 32.2. The lowest BCUT2D eigenvalue weighted by Gasteiger charge is -2.13. The molecule has 1 aliphatic heterocycles. The van der Waals surface area contributed by atoms with Gasteiger partial charge in [-0.25, -0.2) is 0 Å². The molecule has 3 aromatic carbocycles. The molecule has 0 radical (unpaired) electrons. The standard InChI is InChI=1S/C26H20N2O5S/c1-3-13-33-21-12-11-17(14-22(21)32-2)15-23-25(30)28(26(31)34-23)16-24(29)27-20-10-6-8-18-7-4-5-9-19(18)20/h1,4-12,14-15H,13,16H2,2H3,(H,27,29)/b23-15-. The van der Waals surface area contributed by atoms with Crippen LogP contribution < -0.4 is 14.8 Å². The Kier molecular flexibility index (Phi) is 6.85. The number of anilines is 1. The van der Waals surface area contributed by atoms with Gasteiger partial charge in [-0.1, -0.05) is 48.4 Å². The number of imide groups is 1. The number of terminal acetylenes is 1. The minimum atomic E-state index is -0.533. The van der Waals surface area contributed by atoms with E-state index in [4.69, 9.17) is 15.9 Å². The second kappa shape index (κ2) is 10.1.